The van der Waals surface area contributed by atoms with Gasteiger partial charge in [0.15, 0.2) is 0 Å². The normalized spacial score (nSPS) is 10.5. The molecule has 0 atom stereocenters. The summed E-state index contributed by atoms with van der Waals surface area (Å²) < 4.78 is 1.68. The van der Waals surface area contributed by atoms with Crippen molar-refractivity contribution in [3.05, 3.63) is 35.2 Å². The van der Waals surface area contributed by atoms with Crippen molar-refractivity contribution >= 4 is 5.95 Å². The number of aromatic hydroxyl groups is 1. The minimum atomic E-state index is 0.294. The molecule has 0 saturated heterocycles. The third-order valence-corrected chi connectivity index (χ3v) is 2.54. The lowest BCUT2D eigenvalue weighted by Gasteiger charge is -2.07. The van der Waals surface area contributed by atoms with Gasteiger partial charge in [0.1, 0.15) is 11.6 Å². The molecular weight excluding hydrogens is 216 g/mol. The van der Waals surface area contributed by atoms with Gasteiger partial charge in [0.25, 0.3) is 0 Å². The van der Waals surface area contributed by atoms with E-state index in [-0.39, 0.29) is 0 Å². The fourth-order valence-electron chi connectivity index (χ4n) is 1.70. The first-order chi connectivity index (χ1) is 8.06. The Labute approximate surface area is 100 Å². The van der Waals surface area contributed by atoms with E-state index in [2.05, 4.69) is 15.4 Å². The smallest absolute Gasteiger partial charge is 0.221 e. The maximum Gasteiger partial charge on any atom is 0.221 e. The minimum Gasteiger partial charge on any atom is -0.508 e. The molecular formula is C12H16N4O. The molecule has 1 aromatic carbocycles. The summed E-state index contributed by atoms with van der Waals surface area (Å²) in [5, 5.41) is 17.0. The first kappa shape index (κ1) is 11.4. The molecule has 2 rings (SSSR count). The molecule has 0 unspecified atom stereocenters. The summed E-state index contributed by atoms with van der Waals surface area (Å²) in [7, 11) is 1.83. The molecule has 0 bridgehead atoms. The van der Waals surface area contributed by atoms with Crippen LogP contribution in [0, 0.1) is 13.8 Å². The first-order valence-corrected chi connectivity index (χ1v) is 5.46. The Bertz CT molecular complexity index is 533. The summed E-state index contributed by atoms with van der Waals surface area (Å²) in [6, 6.07) is 5.53. The van der Waals surface area contributed by atoms with Crippen LogP contribution in [0.1, 0.15) is 17.0 Å². The van der Waals surface area contributed by atoms with Gasteiger partial charge in [-0.15, -0.1) is 0 Å². The second-order valence-corrected chi connectivity index (χ2v) is 4.09. The highest BCUT2D eigenvalue weighted by Crippen LogP contribution is 2.19. The Hall–Kier alpha value is -2.04. The predicted octanol–water partition coefficient (Wildman–Crippen LogP) is 1.75. The average Bonchev–Trinajstić information content (AvgIpc) is 2.59. The second kappa shape index (κ2) is 4.45. The van der Waals surface area contributed by atoms with E-state index in [9.17, 15) is 5.11 Å². The molecule has 17 heavy (non-hydrogen) atoms. The van der Waals surface area contributed by atoms with Crippen LogP contribution in [0.2, 0.25) is 0 Å². The number of aryl methyl sites for hydroxylation is 3. The van der Waals surface area contributed by atoms with Crippen LogP contribution in [0.5, 0.6) is 5.75 Å². The van der Waals surface area contributed by atoms with Gasteiger partial charge in [0.2, 0.25) is 5.95 Å². The molecule has 5 nitrogen and oxygen atoms in total. The Morgan fingerprint density at radius 2 is 2.12 bits per heavy atom. The number of benzene rings is 1. The highest BCUT2D eigenvalue weighted by Gasteiger charge is 2.05. The SMILES string of the molecule is Cc1ccc(O)c(CNc2nc(C)nn2C)c1. The Morgan fingerprint density at radius 3 is 2.76 bits per heavy atom. The van der Waals surface area contributed by atoms with Gasteiger partial charge in [0.05, 0.1) is 0 Å². The number of nitrogens with zero attached hydrogens (tertiary/aromatic N) is 3. The van der Waals surface area contributed by atoms with Crippen molar-refractivity contribution in [2.24, 2.45) is 7.05 Å². The van der Waals surface area contributed by atoms with Gasteiger partial charge in [-0.1, -0.05) is 17.7 Å². The van der Waals surface area contributed by atoms with Crippen LogP contribution in [-0.2, 0) is 13.6 Å². The number of phenols is 1. The maximum atomic E-state index is 9.70. The standard InChI is InChI=1S/C12H16N4O/c1-8-4-5-11(17)10(6-8)7-13-12-14-9(2)15-16(12)3/h4-6,17H,7H2,1-3H3,(H,13,14,15). The summed E-state index contributed by atoms with van der Waals surface area (Å²) in [5.41, 5.74) is 1.97. The van der Waals surface area contributed by atoms with Crippen molar-refractivity contribution < 1.29 is 5.11 Å². The molecule has 0 aliphatic carbocycles. The van der Waals surface area contributed by atoms with Crippen LogP contribution in [0.3, 0.4) is 0 Å². The fraction of sp³-hybridized carbons (Fsp3) is 0.333. The summed E-state index contributed by atoms with van der Waals surface area (Å²) in [6.45, 7) is 4.37. The molecule has 0 amide bonds. The summed E-state index contributed by atoms with van der Waals surface area (Å²) >= 11 is 0. The first-order valence-electron chi connectivity index (χ1n) is 5.46. The largest absolute Gasteiger partial charge is 0.508 e. The van der Waals surface area contributed by atoms with Crippen molar-refractivity contribution in [3.8, 4) is 5.75 Å². The highest BCUT2D eigenvalue weighted by atomic mass is 16.3. The molecule has 0 radical (unpaired) electrons. The van der Waals surface area contributed by atoms with E-state index in [1.165, 1.54) is 0 Å². The summed E-state index contributed by atoms with van der Waals surface area (Å²) in [4.78, 5) is 4.24. The monoisotopic (exact) mass is 232 g/mol. The van der Waals surface area contributed by atoms with E-state index in [0.717, 1.165) is 17.0 Å². The third kappa shape index (κ3) is 2.55. The number of rotatable bonds is 3. The van der Waals surface area contributed by atoms with Crippen molar-refractivity contribution in [2.45, 2.75) is 20.4 Å². The van der Waals surface area contributed by atoms with Crippen LogP contribution in [0.25, 0.3) is 0 Å². The number of hydrogen-bond acceptors (Lipinski definition) is 4. The molecule has 1 aromatic heterocycles. The molecule has 0 saturated carbocycles. The quantitative estimate of drug-likeness (QED) is 0.846. The third-order valence-electron chi connectivity index (χ3n) is 2.54. The van der Waals surface area contributed by atoms with Crippen molar-refractivity contribution in [2.75, 3.05) is 5.32 Å². The Kier molecular flexibility index (Phi) is 2.99. The molecule has 2 aromatic rings. The molecule has 0 fully saturated rings. The zero-order valence-corrected chi connectivity index (χ0v) is 10.2. The van der Waals surface area contributed by atoms with E-state index >= 15 is 0 Å². The van der Waals surface area contributed by atoms with Gasteiger partial charge in [-0.05, 0) is 19.9 Å². The maximum absolute atomic E-state index is 9.70. The van der Waals surface area contributed by atoms with E-state index in [0.29, 0.717) is 18.2 Å². The second-order valence-electron chi connectivity index (χ2n) is 4.09. The van der Waals surface area contributed by atoms with E-state index in [1.807, 2.05) is 33.0 Å². The van der Waals surface area contributed by atoms with Gasteiger partial charge < -0.3 is 10.4 Å². The number of hydrogen-bond donors (Lipinski definition) is 2. The van der Waals surface area contributed by atoms with Gasteiger partial charge in [-0.25, -0.2) is 4.68 Å². The lowest BCUT2D eigenvalue weighted by molar-refractivity contribution is 0.469. The Balaban J connectivity index is 2.12. The van der Waals surface area contributed by atoms with Crippen LogP contribution in [0.15, 0.2) is 18.2 Å². The molecule has 1 heterocycles. The van der Waals surface area contributed by atoms with Crippen LogP contribution in [0.4, 0.5) is 5.95 Å². The van der Waals surface area contributed by atoms with Crippen LogP contribution in [-0.4, -0.2) is 19.9 Å². The van der Waals surface area contributed by atoms with Crippen LogP contribution >= 0.6 is 0 Å². The average molecular weight is 232 g/mol. The fourth-order valence-corrected chi connectivity index (χ4v) is 1.70. The van der Waals surface area contributed by atoms with Gasteiger partial charge in [-0.2, -0.15) is 10.1 Å². The van der Waals surface area contributed by atoms with Crippen molar-refractivity contribution in [3.63, 3.8) is 0 Å². The lowest BCUT2D eigenvalue weighted by Crippen LogP contribution is -2.06. The van der Waals surface area contributed by atoms with Crippen LogP contribution < -0.4 is 5.32 Å². The predicted molar refractivity (Wildman–Crippen MR) is 65.9 cm³/mol. The highest BCUT2D eigenvalue weighted by molar-refractivity contribution is 5.38. The van der Waals surface area contributed by atoms with E-state index in [1.54, 1.807) is 10.7 Å². The van der Waals surface area contributed by atoms with E-state index in [4.69, 9.17) is 0 Å². The molecule has 2 N–H and O–H groups in total. The molecule has 0 spiro atoms. The number of aromatic nitrogens is 3. The molecule has 0 aliphatic rings. The molecule has 0 aliphatic heterocycles. The lowest BCUT2D eigenvalue weighted by atomic mass is 10.1. The molecule has 5 heteroatoms. The number of nitrogens with one attached hydrogen (secondary N) is 1. The number of anilines is 1. The molecule has 90 valence electrons. The summed E-state index contributed by atoms with van der Waals surface area (Å²) in [6.07, 6.45) is 0. The topological polar surface area (TPSA) is 63.0 Å². The summed E-state index contributed by atoms with van der Waals surface area (Å²) in [5.74, 6) is 1.72. The van der Waals surface area contributed by atoms with Gasteiger partial charge >= 0.3 is 0 Å². The zero-order chi connectivity index (χ0) is 12.4. The minimum absolute atomic E-state index is 0.294. The van der Waals surface area contributed by atoms with Crippen molar-refractivity contribution in [1.29, 1.82) is 0 Å². The van der Waals surface area contributed by atoms with Crippen molar-refractivity contribution in [1.82, 2.24) is 14.8 Å². The van der Waals surface area contributed by atoms with E-state index < -0.39 is 0 Å². The Morgan fingerprint density at radius 1 is 1.35 bits per heavy atom. The van der Waals surface area contributed by atoms with Gasteiger partial charge in [0, 0.05) is 19.2 Å². The van der Waals surface area contributed by atoms with Gasteiger partial charge in [-0.3, -0.25) is 0 Å². The number of phenolic OH excluding ortho intramolecular Hbond substituents is 1. The zero-order valence-electron chi connectivity index (χ0n) is 10.2.